The SMILES string of the molecule is Cc1ccc(S(=O)(=O)N(C)C)cc1NC(=O)C(C)OC(=O)/C=C/c1ccc(F)cc1. The van der Waals surface area contributed by atoms with Crippen molar-refractivity contribution in [1.82, 2.24) is 4.31 Å². The summed E-state index contributed by atoms with van der Waals surface area (Å²) in [7, 11) is -0.841. The van der Waals surface area contributed by atoms with Crippen LogP contribution >= 0.6 is 0 Å². The van der Waals surface area contributed by atoms with Gasteiger partial charge in [-0.05, 0) is 55.3 Å². The Hall–Kier alpha value is -3.04. The van der Waals surface area contributed by atoms with Crippen molar-refractivity contribution in [3.05, 3.63) is 65.5 Å². The molecule has 0 heterocycles. The number of rotatable bonds is 7. The van der Waals surface area contributed by atoms with Crippen LogP contribution in [0.5, 0.6) is 0 Å². The third-order valence-corrected chi connectivity index (χ3v) is 6.00. The van der Waals surface area contributed by atoms with Gasteiger partial charge in [0, 0.05) is 25.9 Å². The minimum Gasteiger partial charge on any atom is -0.449 e. The highest BCUT2D eigenvalue weighted by molar-refractivity contribution is 7.89. The van der Waals surface area contributed by atoms with E-state index in [2.05, 4.69) is 5.32 Å². The molecule has 0 fully saturated rings. The van der Waals surface area contributed by atoms with Gasteiger partial charge in [0.1, 0.15) is 5.82 Å². The lowest BCUT2D eigenvalue weighted by Gasteiger charge is -2.16. The van der Waals surface area contributed by atoms with Crippen molar-refractivity contribution in [3.8, 4) is 0 Å². The molecule has 0 aliphatic carbocycles. The van der Waals surface area contributed by atoms with Gasteiger partial charge >= 0.3 is 5.97 Å². The molecule has 1 atom stereocenters. The van der Waals surface area contributed by atoms with Crippen LogP contribution in [0.3, 0.4) is 0 Å². The number of ether oxygens (including phenoxy) is 1. The Labute approximate surface area is 175 Å². The second-order valence-corrected chi connectivity index (χ2v) is 8.87. The fourth-order valence-corrected chi connectivity index (χ4v) is 3.28. The first-order valence-electron chi connectivity index (χ1n) is 8.99. The first-order valence-corrected chi connectivity index (χ1v) is 10.4. The van der Waals surface area contributed by atoms with Gasteiger partial charge in [0.15, 0.2) is 6.10 Å². The van der Waals surface area contributed by atoms with Crippen LogP contribution < -0.4 is 5.32 Å². The maximum Gasteiger partial charge on any atom is 0.331 e. The molecule has 1 amide bonds. The molecular weight excluding hydrogens is 411 g/mol. The Morgan fingerprint density at radius 3 is 2.37 bits per heavy atom. The first kappa shape index (κ1) is 23.2. The number of amides is 1. The average molecular weight is 434 g/mol. The number of anilines is 1. The van der Waals surface area contributed by atoms with Crippen LogP contribution in [-0.2, 0) is 24.3 Å². The molecule has 0 spiro atoms. The Morgan fingerprint density at radius 1 is 1.13 bits per heavy atom. The summed E-state index contributed by atoms with van der Waals surface area (Å²) in [6.07, 6.45) is 1.45. The van der Waals surface area contributed by atoms with Crippen LogP contribution in [0.1, 0.15) is 18.1 Å². The number of carbonyl (C=O) groups excluding carboxylic acids is 2. The van der Waals surface area contributed by atoms with Crippen molar-refractivity contribution in [2.75, 3.05) is 19.4 Å². The van der Waals surface area contributed by atoms with E-state index in [1.807, 2.05) is 0 Å². The molecule has 0 radical (unpaired) electrons. The van der Waals surface area contributed by atoms with E-state index in [0.717, 1.165) is 10.4 Å². The molecule has 2 aromatic rings. The summed E-state index contributed by atoms with van der Waals surface area (Å²) in [5.41, 5.74) is 1.54. The number of hydrogen-bond donors (Lipinski definition) is 1. The Morgan fingerprint density at radius 2 is 1.77 bits per heavy atom. The monoisotopic (exact) mass is 434 g/mol. The summed E-state index contributed by atoms with van der Waals surface area (Å²) in [6.45, 7) is 3.11. The molecule has 0 bridgehead atoms. The zero-order chi connectivity index (χ0) is 22.5. The fourth-order valence-electron chi connectivity index (χ4n) is 2.35. The summed E-state index contributed by atoms with van der Waals surface area (Å²) in [5, 5.41) is 2.58. The summed E-state index contributed by atoms with van der Waals surface area (Å²) in [6, 6.07) is 9.88. The van der Waals surface area contributed by atoms with E-state index in [-0.39, 0.29) is 4.90 Å². The van der Waals surface area contributed by atoms with Crippen LogP contribution in [0.15, 0.2) is 53.4 Å². The predicted octanol–water partition coefficient (Wildman–Crippen LogP) is 2.97. The van der Waals surface area contributed by atoms with Crippen LogP contribution in [0.4, 0.5) is 10.1 Å². The van der Waals surface area contributed by atoms with Gasteiger partial charge in [0.2, 0.25) is 10.0 Å². The second kappa shape index (κ2) is 9.64. The fraction of sp³-hybridized carbons (Fsp3) is 0.238. The molecule has 2 aromatic carbocycles. The second-order valence-electron chi connectivity index (χ2n) is 6.72. The average Bonchev–Trinajstić information content (AvgIpc) is 2.68. The van der Waals surface area contributed by atoms with E-state index < -0.39 is 33.8 Å². The first-order chi connectivity index (χ1) is 14.0. The number of nitrogens with one attached hydrogen (secondary N) is 1. The summed E-state index contributed by atoms with van der Waals surface area (Å²) >= 11 is 0. The quantitative estimate of drug-likeness (QED) is 0.534. The summed E-state index contributed by atoms with van der Waals surface area (Å²) in [5.74, 6) is -1.75. The minimum atomic E-state index is -3.66. The van der Waals surface area contributed by atoms with Crippen molar-refractivity contribution in [2.24, 2.45) is 0 Å². The van der Waals surface area contributed by atoms with E-state index in [4.69, 9.17) is 4.74 Å². The molecule has 7 nitrogen and oxygen atoms in total. The van der Waals surface area contributed by atoms with Crippen molar-refractivity contribution < 1.29 is 27.1 Å². The lowest BCUT2D eigenvalue weighted by atomic mass is 10.2. The van der Waals surface area contributed by atoms with Crippen molar-refractivity contribution in [1.29, 1.82) is 0 Å². The normalized spacial score (nSPS) is 12.7. The molecule has 0 aromatic heterocycles. The molecule has 0 aliphatic heterocycles. The number of sulfonamides is 1. The smallest absolute Gasteiger partial charge is 0.331 e. The number of halogens is 1. The van der Waals surface area contributed by atoms with Crippen LogP contribution in [0, 0.1) is 12.7 Å². The topological polar surface area (TPSA) is 92.8 Å². The van der Waals surface area contributed by atoms with E-state index >= 15 is 0 Å². The van der Waals surface area contributed by atoms with E-state index in [1.54, 1.807) is 13.0 Å². The van der Waals surface area contributed by atoms with E-state index in [1.165, 1.54) is 63.5 Å². The molecule has 0 aliphatic rings. The lowest BCUT2D eigenvalue weighted by Crippen LogP contribution is -2.30. The zero-order valence-corrected chi connectivity index (χ0v) is 17.9. The van der Waals surface area contributed by atoms with Gasteiger partial charge in [-0.3, -0.25) is 4.79 Å². The standard InChI is InChI=1S/C21H23FN2O5S/c1-14-5-11-18(30(27,28)24(3)4)13-19(14)23-21(26)15(2)29-20(25)12-8-16-6-9-17(22)10-7-16/h5-13,15H,1-4H3,(H,23,26)/b12-8+. The Kier molecular flexibility index (Phi) is 7.47. The number of carbonyl (C=O) groups is 2. The highest BCUT2D eigenvalue weighted by atomic mass is 32.2. The minimum absolute atomic E-state index is 0.0280. The molecular formula is C21H23FN2O5S. The van der Waals surface area contributed by atoms with E-state index in [0.29, 0.717) is 16.8 Å². The summed E-state index contributed by atoms with van der Waals surface area (Å²) < 4.78 is 43.6. The van der Waals surface area contributed by atoms with Crippen molar-refractivity contribution >= 4 is 33.7 Å². The largest absolute Gasteiger partial charge is 0.449 e. The highest BCUT2D eigenvalue weighted by Gasteiger charge is 2.21. The molecule has 1 unspecified atom stereocenters. The number of hydrogen-bond acceptors (Lipinski definition) is 5. The number of benzene rings is 2. The van der Waals surface area contributed by atoms with Gasteiger partial charge in [0.25, 0.3) is 5.91 Å². The third kappa shape index (κ3) is 5.98. The van der Waals surface area contributed by atoms with Gasteiger partial charge < -0.3 is 10.1 Å². The van der Waals surface area contributed by atoms with E-state index in [9.17, 15) is 22.4 Å². The van der Waals surface area contributed by atoms with Gasteiger partial charge in [-0.1, -0.05) is 18.2 Å². The highest BCUT2D eigenvalue weighted by Crippen LogP contribution is 2.22. The molecule has 160 valence electrons. The zero-order valence-electron chi connectivity index (χ0n) is 17.0. The molecule has 1 N–H and O–H groups in total. The van der Waals surface area contributed by atoms with Gasteiger partial charge in [-0.2, -0.15) is 0 Å². The number of nitrogens with zero attached hydrogens (tertiary/aromatic N) is 1. The lowest BCUT2D eigenvalue weighted by molar-refractivity contribution is -0.148. The molecule has 30 heavy (non-hydrogen) atoms. The summed E-state index contributed by atoms with van der Waals surface area (Å²) in [4.78, 5) is 24.4. The maximum absolute atomic E-state index is 12.9. The van der Waals surface area contributed by atoms with Crippen LogP contribution in [0.2, 0.25) is 0 Å². The van der Waals surface area contributed by atoms with Crippen molar-refractivity contribution in [2.45, 2.75) is 24.8 Å². The molecule has 2 rings (SSSR count). The van der Waals surface area contributed by atoms with Gasteiger partial charge in [-0.15, -0.1) is 0 Å². The van der Waals surface area contributed by atoms with Crippen molar-refractivity contribution in [3.63, 3.8) is 0 Å². The third-order valence-electron chi connectivity index (χ3n) is 4.19. The Bertz CT molecular complexity index is 1060. The van der Waals surface area contributed by atoms with Crippen LogP contribution in [-0.4, -0.2) is 44.8 Å². The molecule has 0 saturated heterocycles. The predicted molar refractivity (Wildman–Crippen MR) is 112 cm³/mol. The van der Waals surface area contributed by atoms with Gasteiger partial charge in [0.05, 0.1) is 4.90 Å². The maximum atomic E-state index is 12.9. The Balaban J connectivity index is 2.05. The molecule has 9 heteroatoms. The van der Waals surface area contributed by atoms with Crippen LogP contribution in [0.25, 0.3) is 6.08 Å². The number of aryl methyl sites for hydroxylation is 1. The number of esters is 1. The molecule has 0 saturated carbocycles. The van der Waals surface area contributed by atoms with Gasteiger partial charge in [-0.25, -0.2) is 21.9 Å².